The van der Waals surface area contributed by atoms with E-state index in [1.54, 1.807) is 18.8 Å². The van der Waals surface area contributed by atoms with Crippen molar-refractivity contribution in [1.82, 2.24) is 10.6 Å². The molecule has 0 fully saturated rings. The molecule has 2 N–H and O–H groups in total. The molecule has 1 aromatic carbocycles. The predicted octanol–water partition coefficient (Wildman–Crippen LogP) is -0.0274. The molecular weight excluding hydrogens is 222 g/mol. The van der Waals surface area contributed by atoms with Crippen LogP contribution in [0.1, 0.15) is 5.69 Å². The van der Waals surface area contributed by atoms with Gasteiger partial charge in [-0.1, -0.05) is 0 Å². The van der Waals surface area contributed by atoms with Crippen molar-refractivity contribution in [1.29, 1.82) is 0 Å². The van der Waals surface area contributed by atoms with Gasteiger partial charge < -0.3 is 10.1 Å². The first-order chi connectivity index (χ1) is 8.26. The summed E-state index contributed by atoms with van der Waals surface area (Å²) in [6.07, 6.45) is 0. The molecule has 0 radical (unpaired) electrons. The Morgan fingerprint density at radius 3 is 2.71 bits per heavy atom. The van der Waals surface area contributed by atoms with Gasteiger partial charge in [0.25, 0.3) is 0 Å². The largest absolute Gasteiger partial charge is 0.497 e. The zero-order valence-corrected chi connectivity index (χ0v) is 9.69. The molecule has 0 aliphatic rings. The molecule has 0 amide bonds. The first kappa shape index (κ1) is 11.4. The Morgan fingerprint density at radius 1 is 1.41 bits per heavy atom. The molecule has 1 heterocycles. The van der Waals surface area contributed by atoms with Crippen LogP contribution in [0.3, 0.4) is 0 Å². The zero-order valence-electron chi connectivity index (χ0n) is 9.69. The Labute approximate surface area is 97.8 Å². The number of methoxy groups -OCH3 is 1. The van der Waals surface area contributed by atoms with Crippen LogP contribution in [0, 0.1) is 0 Å². The van der Waals surface area contributed by atoms with Gasteiger partial charge in [0, 0.05) is 12.1 Å². The van der Waals surface area contributed by atoms with Crippen molar-refractivity contribution in [2.75, 3.05) is 14.2 Å². The van der Waals surface area contributed by atoms with E-state index in [0.29, 0.717) is 12.2 Å². The Balaban J connectivity index is 2.41. The van der Waals surface area contributed by atoms with Gasteiger partial charge in [0.15, 0.2) is 0 Å². The molecule has 2 aromatic rings. The Kier molecular flexibility index (Phi) is 3.24. The number of aromatic amines is 1. The molecular formula is C11H14N3O3+. The number of aromatic nitrogens is 2. The van der Waals surface area contributed by atoms with E-state index in [-0.39, 0.29) is 5.63 Å². The van der Waals surface area contributed by atoms with Crippen molar-refractivity contribution in [3.63, 3.8) is 0 Å². The zero-order chi connectivity index (χ0) is 12.3. The van der Waals surface area contributed by atoms with Gasteiger partial charge in [-0.05, 0) is 29.1 Å². The van der Waals surface area contributed by atoms with Crippen LogP contribution in [0.2, 0.25) is 0 Å². The lowest BCUT2D eigenvalue weighted by molar-refractivity contribution is -0.677. The van der Waals surface area contributed by atoms with E-state index in [9.17, 15) is 4.79 Å². The fourth-order valence-electron chi connectivity index (χ4n) is 1.55. The first-order valence-corrected chi connectivity index (χ1v) is 5.17. The van der Waals surface area contributed by atoms with Crippen molar-refractivity contribution < 1.29 is 13.9 Å². The molecule has 1 aromatic heterocycles. The molecule has 6 heteroatoms. The van der Waals surface area contributed by atoms with Gasteiger partial charge in [-0.25, -0.2) is 4.79 Å². The van der Waals surface area contributed by atoms with E-state index < -0.39 is 0 Å². The smallest absolute Gasteiger partial charge is 0.431 e. The van der Waals surface area contributed by atoms with Gasteiger partial charge in [-0.2, -0.15) is 0 Å². The molecule has 0 spiro atoms. The minimum Gasteiger partial charge on any atom is -0.497 e. The van der Waals surface area contributed by atoms with Crippen LogP contribution in [0.4, 0.5) is 0 Å². The number of H-pyrrole nitrogens is 1. The molecule has 0 saturated carbocycles. The maximum Gasteiger partial charge on any atom is 0.431 e. The third-order valence-electron chi connectivity index (χ3n) is 2.41. The van der Waals surface area contributed by atoms with E-state index >= 15 is 0 Å². The number of hydrogen-bond donors (Lipinski definition) is 2. The van der Waals surface area contributed by atoms with E-state index in [1.807, 2.05) is 24.3 Å². The average Bonchev–Trinajstić information content (AvgIpc) is 2.72. The van der Waals surface area contributed by atoms with Crippen LogP contribution in [-0.4, -0.2) is 19.4 Å². The van der Waals surface area contributed by atoms with Crippen LogP contribution in [-0.2, 0) is 6.54 Å². The highest BCUT2D eigenvalue weighted by molar-refractivity contribution is 5.31. The fourth-order valence-corrected chi connectivity index (χ4v) is 1.55. The highest BCUT2D eigenvalue weighted by Crippen LogP contribution is 2.10. The van der Waals surface area contributed by atoms with E-state index in [0.717, 1.165) is 11.4 Å². The molecule has 2 rings (SSSR count). The van der Waals surface area contributed by atoms with Gasteiger partial charge >= 0.3 is 11.3 Å². The van der Waals surface area contributed by atoms with Gasteiger partial charge in [-0.15, -0.1) is 0 Å². The lowest BCUT2D eigenvalue weighted by atomic mass is 10.3. The maximum absolute atomic E-state index is 11.4. The van der Waals surface area contributed by atoms with Crippen LogP contribution in [0.15, 0.2) is 33.6 Å². The van der Waals surface area contributed by atoms with Crippen LogP contribution < -0.4 is 20.4 Å². The third-order valence-corrected chi connectivity index (χ3v) is 2.41. The monoisotopic (exact) mass is 236 g/mol. The average molecular weight is 236 g/mol. The minimum absolute atomic E-state index is 0.379. The lowest BCUT2D eigenvalue weighted by Crippen LogP contribution is -2.40. The van der Waals surface area contributed by atoms with E-state index in [2.05, 4.69) is 10.6 Å². The molecule has 6 nitrogen and oxygen atoms in total. The number of ether oxygens (including phenoxy) is 1. The summed E-state index contributed by atoms with van der Waals surface area (Å²) in [6, 6.07) is 7.31. The first-order valence-electron chi connectivity index (χ1n) is 5.17. The van der Waals surface area contributed by atoms with Gasteiger partial charge in [-0.3, -0.25) is 4.52 Å². The normalized spacial score (nSPS) is 10.5. The summed E-state index contributed by atoms with van der Waals surface area (Å²) < 4.78 is 11.4. The van der Waals surface area contributed by atoms with E-state index in [1.165, 1.54) is 0 Å². The summed E-state index contributed by atoms with van der Waals surface area (Å²) in [7, 11) is 3.37. The highest BCUT2D eigenvalue weighted by atomic mass is 16.5. The predicted molar refractivity (Wildman–Crippen MR) is 60.2 cm³/mol. The number of rotatable bonds is 4. The molecule has 90 valence electrons. The van der Waals surface area contributed by atoms with Crippen molar-refractivity contribution in [3.8, 4) is 11.4 Å². The SMILES string of the molecule is CNCc1c(=O)o[nH][n+]1-c1ccc(OC)cc1. The second-order valence-corrected chi connectivity index (χ2v) is 3.49. The molecule has 0 bridgehead atoms. The molecule has 0 saturated heterocycles. The number of nitrogens with one attached hydrogen (secondary N) is 2. The Morgan fingerprint density at radius 2 is 2.12 bits per heavy atom. The number of benzene rings is 1. The second-order valence-electron chi connectivity index (χ2n) is 3.49. The van der Waals surface area contributed by atoms with Crippen molar-refractivity contribution in [3.05, 3.63) is 40.4 Å². The van der Waals surface area contributed by atoms with Crippen molar-refractivity contribution >= 4 is 0 Å². The van der Waals surface area contributed by atoms with Crippen LogP contribution in [0.5, 0.6) is 5.75 Å². The molecule has 0 aliphatic carbocycles. The standard InChI is InChI=1S/C11H13N3O3/c1-12-7-10-11(15)17-13-14(10)8-3-5-9(16-2)6-4-8/h3-6,12H,7H2,1-2H3/p+1. The van der Waals surface area contributed by atoms with Gasteiger partial charge in [0.05, 0.1) is 13.7 Å². The highest BCUT2D eigenvalue weighted by Gasteiger charge is 2.21. The molecule has 0 unspecified atom stereocenters. The topological polar surface area (TPSA) is 71.1 Å². The summed E-state index contributed by atoms with van der Waals surface area (Å²) in [4.78, 5) is 11.4. The molecule has 17 heavy (non-hydrogen) atoms. The summed E-state index contributed by atoms with van der Waals surface area (Å²) in [5.74, 6) is 0.760. The van der Waals surface area contributed by atoms with Crippen molar-refractivity contribution in [2.45, 2.75) is 6.54 Å². The number of hydrogen-bond acceptors (Lipinski definition) is 4. The van der Waals surface area contributed by atoms with Gasteiger partial charge in [0.1, 0.15) is 5.75 Å². The minimum atomic E-state index is -0.379. The Hall–Kier alpha value is -2.08. The van der Waals surface area contributed by atoms with Crippen LogP contribution in [0.25, 0.3) is 5.69 Å². The number of nitrogens with zero attached hydrogens (tertiary/aromatic N) is 1. The van der Waals surface area contributed by atoms with Crippen molar-refractivity contribution in [2.24, 2.45) is 0 Å². The third kappa shape index (κ3) is 2.21. The maximum atomic E-state index is 11.4. The second kappa shape index (κ2) is 4.84. The molecule has 0 atom stereocenters. The summed E-state index contributed by atoms with van der Waals surface area (Å²) >= 11 is 0. The molecule has 0 aliphatic heterocycles. The lowest BCUT2D eigenvalue weighted by Gasteiger charge is -1.98. The van der Waals surface area contributed by atoms with Crippen LogP contribution >= 0.6 is 0 Å². The summed E-state index contributed by atoms with van der Waals surface area (Å²) in [5, 5.41) is 5.48. The fraction of sp³-hybridized carbons (Fsp3) is 0.273. The summed E-state index contributed by atoms with van der Waals surface area (Å²) in [5.41, 5.74) is 0.940. The quantitative estimate of drug-likeness (QED) is 0.731. The van der Waals surface area contributed by atoms with Gasteiger partial charge in [0.2, 0.25) is 5.69 Å². The summed E-state index contributed by atoms with van der Waals surface area (Å²) in [6.45, 7) is 0.428. The Bertz CT molecular complexity index is 542. The van der Waals surface area contributed by atoms with E-state index in [4.69, 9.17) is 9.26 Å².